The van der Waals surface area contributed by atoms with E-state index in [0.29, 0.717) is 17.0 Å². The van der Waals surface area contributed by atoms with Gasteiger partial charge in [0.15, 0.2) is 5.82 Å². The van der Waals surface area contributed by atoms with Crippen LogP contribution in [0.3, 0.4) is 0 Å². The minimum Gasteiger partial charge on any atom is -0.214 e. The summed E-state index contributed by atoms with van der Waals surface area (Å²) in [5.41, 5.74) is 1.03. The zero-order valence-electron chi connectivity index (χ0n) is 11.6. The largest absolute Gasteiger partial charge is 0.284 e. The zero-order valence-corrected chi connectivity index (χ0v) is 12.5. The molecule has 0 atom stereocenters. The van der Waals surface area contributed by atoms with Gasteiger partial charge in [0, 0.05) is 5.56 Å². The molecule has 3 aromatic rings. The smallest absolute Gasteiger partial charge is 0.214 e. The fraction of sp³-hybridized carbons (Fsp3) is 0.0667. The van der Waals surface area contributed by atoms with E-state index in [1.807, 2.05) is 18.2 Å². The number of benzene rings is 2. The predicted octanol–water partition coefficient (Wildman–Crippen LogP) is 2.63. The summed E-state index contributed by atoms with van der Waals surface area (Å²) in [7, 11) is -3.90. The fourth-order valence-electron chi connectivity index (χ4n) is 2.09. The predicted molar refractivity (Wildman–Crippen MR) is 79.2 cm³/mol. The van der Waals surface area contributed by atoms with Gasteiger partial charge >= 0.3 is 0 Å². The van der Waals surface area contributed by atoms with Gasteiger partial charge in [0.05, 0.1) is 4.90 Å². The Kier molecular flexibility index (Phi) is 3.50. The molecule has 112 valence electrons. The van der Waals surface area contributed by atoms with Crippen molar-refractivity contribution in [1.82, 2.24) is 14.2 Å². The molecule has 0 saturated carbocycles. The molecule has 7 heteroatoms. The second-order valence-corrected chi connectivity index (χ2v) is 6.49. The van der Waals surface area contributed by atoms with E-state index < -0.39 is 15.8 Å². The summed E-state index contributed by atoms with van der Waals surface area (Å²) >= 11 is 0. The lowest BCUT2D eigenvalue weighted by atomic mass is 10.2. The third-order valence-electron chi connectivity index (χ3n) is 3.17. The average molecular weight is 317 g/mol. The monoisotopic (exact) mass is 317 g/mol. The van der Waals surface area contributed by atoms with E-state index in [2.05, 4.69) is 10.1 Å². The van der Waals surface area contributed by atoms with E-state index >= 15 is 0 Å². The maximum atomic E-state index is 13.1. The number of aromatic nitrogens is 3. The topological polar surface area (TPSA) is 64.8 Å². The highest BCUT2D eigenvalue weighted by Crippen LogP contribution is 2.20. The number of halogens is 1. The summed E-state index contributed by atoms with van der Waals surface area (Å²) in [6, 6.07) is 12.5. The van der Waals surface area contributed by atoms with Crippen molar-refractivity contribution >= 4 is 10.0 Å². The van der Waals surface area contributed by atoms with E-state index in [-0.39, 0.29) is 4.90 Å². The molecule has 0 radical (unpaired) electrons. The van der Waals surface area contributed by atoms with Gasteiger partial charge in [-0.2, -0.15) is 8.42 Å². The highest BCUT2D eigenvalue weighted by Gasteiger charge is 2.21. The fourth-order valence-corrected chi connectivity index (χ4v) is 3.35. The summed E-state index contributed by atoms with van der Waals surface area (Å²) in [6.07, 6.45) is 1.14. The van der Waals surface area contributed by atoms with Crippen LogP contribution in [0.2, 0.25) is 0 Å². The van der Waals surface area contributed by atoms with Crippen molar-refractivity contribution in [3.05, 3.63) is 66.2 Å². The van der Waals surface area contributed by atoms with Crippen molar-refractivity contribution in [3.8, 4) is 11.4 Å². The zero-order chi connectivity index (χ0) is 15.7. The molecule has 0 aliphatic heterocycles. The van der Waals surface area contributed by atoms with Crippen molar-refractivity contribution in [2.24, 2.45) is 0 Å². The first-order valence-electron chi connectivity index (χ1n) is 6.47. The van der Waals surface area contributed by atoms with E-state index in [0.717, 1.165) is 16.5 Å². The van der Waals surface area contributed by atoms with E-state index in [1.54, 1.807) is 12.1 Å². The first kappa shape index (κ1) is 14.4. The number of hydrogen-bond donors (Lipinski definition) is 0. The van der Waals surface area contributed by atoms with Gasteiger partial charge in [0.25, 0.3) is 10.0 Å². The Hall–Kier alpha value is -2.54. The Morgan fingerprint density at radius 3 is 2.50 bits per heavy atom. The number of nitrogens with zero attached hydrogens (tertiary/aromatic N) is 3. The molecule has 0 amide bonds. The quantitative estimate of drug-likeness (QED) is 0.745. The normalized spacial score (nSPS) is 11.5. The van der Waals surface area contributed by atoms with Crippen LogP contribution in [-0.2, 0) is 10.0 Å². The summed E-state index contributed by atoms with van der Waals surface area (Å²) in [5, 5.41) is 4.02. The van der Waals surface area contributed by atoms with Gasteiger partial charge in [0.1, 0.15) is 12.1 Å². The van der Waals surface area contributed by atoms with Crippen molar-refractivity contribution < 1.29 is 12.8 Å². The number of aryl methyl sites for hydroxylation is 1. The van der Waals surface area contributed by atoms with E-state index in [4.69, 9.17) is 0 Å². The van der Waals surface area contributed by atoms with Crippen LogP contribution in [0.15, 0.2) is 59.8 Å². The highest BCUT2D eigenvalue weighted by molar-refractivity contribution is 7.89. The standard InChI is InChI=1S/C15H12FN3O2S/c1-11-9-13(16)7-8-14(11)22(20,21)19-10-17-15(18-19)12-5-3-2-4-6-12/h2-10H,1H3. The van der Waals surface area contributed by atoms with Gasteiger partial charge < -0.3 is 0 Å². The molecule has 2 aromatic carbocycles. The van der Waals surface area contributed by atoms with Crippen molar-refractivity contribution in [3.63, 3.8) is 0 Å². The molecular weight excluding hydrogens is 305 g/mol. The summed E-state index contributed by atoms with van der Waals surface area (Å²) in [4.78, 5) is 4.02. The van der Waals surface area contributed by atoms with Crippen molar-refractivity contribution in [1.29, 1.82) is 0 Å². The van der Waals surface area contributed by atoms with Crippen molar-refractivity contribution in [2.45, 2.75) is 11.8 Å². The van der Waals surface area contributed by atoms with Crippen LogP contribution < -0.4 is 0 Å². The molecule has 22 heavy (non-hydrogen) atoms. The molecule has 0 aliphatic carbocycles. The molecule has 0 saturated heterocycles. The SMILES string of the molecule is Cc1cc(F)ccc1S(=O)(=O)n1cnc(-c2ccccc2)n1. The van der Waals surface area contributed by atoms with Crippen LogP contribution in [0.1, 0.15) is 5.56 Å². The molecule has 1 aromatic heterocycles. The van der Waals surface area contributed by atoms with Gasteiger partial charge in [-0.15, -0.1) is 9.19 Å². The molecule has 0 unspecified atom stereocenters. The first-order valence-corrected chi connectivity index (χ1v) is 7.91. The number of rotatable bonds is 3. The van der Waals surface area contributed by atoms with E-state index in [1.165, 1.54) is 19.1 Å². The third-order valence-corrected chi connectivity index (χ3v) is 4.85. The van der Waals surface area contributed by atoms with Gasteiger partial charge in [-0.25, -0.2) is 9.37 Å². The Morgan fingerprint density at radius 1 is 1.09 bits per heavy atom. The Labute approximate surface area is 127 Å². The lowest BCUT2D eigenvalue weighted by molar-refractivity contribution is 0.578. The van der Waals surface area contributed by atoms with Crippen molar-refractivity contribution in [2.75, 3.05) is 0 Å². The Balaban J connectivity index is 2.05. The summed E-state index contributed by atoms with van der Waals surface area (Å²) in [6.45, 7) is 1.53. The molecule has 1 heterocycles. The molecule has 0 spiro atoms. The van der Waals surface area contributed by atoms with E-state index in [9.17, 15) is 12.8 Å². The van der Waals surface area contributed by atoms with Crippen LogP contribution in [0.25, 0.3) is 11.4 Å². The molecule has 5 nitrogen and oxygen atoms in total. The highest BCUT2D eigenvalue weighted by atomic mass is 32.2. The molecule has 0 bridgehead atoms. The third kappa shape index (κ3) is 2.50. The second-order valence-electron chi connectivity index (χ2n) is 4.72. The molecule has 0 N–H and O–H groups in total. The first-order chi connectivity index (χ1) is 10.5. The van der Waals surface area contributed by atoms with Gasteiger partial charge in [-0.05, 0) is 30.7 Å². The van der Waals surface area contributed by atoms with Crippen LogP contribution in [-0.4, -0.2) is 22.6 Å². The van der Waals surface area contributed by atoms with Crippen LogP contribution in [0.5, 0.6) is 0 Å². The molecule has 3 rings (SSSR count). The maximum absolute atomic E-state index is 13.1. The van der Waals surface area contributed by atoms with Gasteiger partial charge in [-0.1, -0.05) is 30.3 Å². The van der Waals surface area contributed by atoms with Crippen LogP contribution in [0.4, 0.5) is 4.39 Å². The minimum absolute atomic E-state index is 0.00147. The van der Waals surface area contributed by atoms with Crippen LogP contribution >= 0.6 is 0 Å². The average Bonchev–Trinajstić information content (AvgIpc) is 2.98. The number of hydrogen-bond acceptors (Lipinski definition) is 4. The molecule has 0 fully saturated rings. The summed E-state index contributed by atoms with van der Waals surface area (Å²) in [5.74, 6) is -0.177. The Bertz CT molecular complexity index is 921. The van der Waals surface area contributed by atoms with Crippen LogP contribution in [0, 0.1) is 12.7 Å². The minimum atomic E-state index is -3.90. The lowest BCUT2D eigenvalue weighted by Gasteiger charge is -2.06. The van der Waals surface area contributed by atoms with Gasteiger partial charge in [-0.3, -0.25) is 0 Å². The Morgan fingerprint density at radius 2 is 1.82 bits per heavy atom. The molecule has 0 aliphatic rings. The maximum Gasteiger partial charge on any atom is 0.284 e. The summed E-state index contributed by atoms with van der Waals surface area (Å²) < 4.78 is 39.0. The molecular formula is C15H12FN3O2S. The van der Waals surface area contributed by atoms with Gasteiger partial charge in [0.2, 0.25) is 0 Å². The second kappa shape index (κ2) is 5.34. The lowest BCUT2D eigenvalue weighted by Crippen LogP contribution is -2.15.